The zero-order valence-electron chi connectivity index (χ0n) is 17.2. The predicted octanol–water partition coefficient (Wildman–Crippen LogP) is 3.11. The molecule has 2 aliphatic rings. The molecule has 1 amide bonds. The van der Waals surface area contributed by atoms with E-state index in [0.717, 1.165) is 18.7 Å². The topological polar surface area (TPSA) is 96.7 Å². The van der Waals surface area contributed by atoms with Crippen molar-refractivity contribution in [2.24, 2.45) is 5.92 Å². The van der Waals surface area contributed by atoms with Crippen LogP contribution in [0.15, 0.2) is 35.4 Å². The second-order valence-electron chi connectivity index (χ2n) is 7.57. The van der Waals surface area contributed by atoms with Crippen molar-refractivity contribution in [3.8, 4) is 6.07 Å². The van der Waals surface area contributed by atoms with Gasteiger partial charge in [0, 0.05) is 31.4 Å². The molecular formula is C22H28N4O3S. The van der Waals surface area contributed by atoms with Crippen LogP contribution in [-0.2, 0) is 16.0 Å². The third-order valence-electron chi connectivity index (χ3n) is 5.53. The molecule has 160 valence electrons. The maximum atomic E-state index is 12.7. The molecule has 1 aromatic carbocycles. The quantitative estimate of drug-likeness (QED) is 0.583. The SMILES string of the molecule is CCN1C(=O)/C(=C\Nc2cccc(CCN3CCCC3)c2)SC1CC(C#N)C(=O)O. The number of hydrogen-bond donors (Lipinski definition) is 2. The van der Waals surface area contributed by atoms with Gasteiger partial charge in [0.05, 0.1) is 16.3 Å². The first-order valence-corrected chi connectivity index (χ1v) is 11.3. The van der Waals surface area contributed by atoms with Crippen LogP contribution < -0.4 is 5.32 Å². The van der Waals surface area contributed by atoms with Gasteiger partial charge in [-0.2, -0.15) is 5.26 Å². The summed E-state index contributed by atoms with van der Waals surface area (Å²) in [5, 5.41) is 21.1. The minimum absolute atomic E-state index is 0.111. The lowest BCUT2D eigenvalue weighted by atomic mass is 10.1. The largest absolute Gasteiger partial charge is 0.480 e. The van der Waals surface area contributed by atoms with Gasteiger partial charge in [0.15, 0.2) is 0 Å². The molecule has 7 nitrogen and oxygen atoms in total. The van der Waals surface area contributed by atoms with Gasteiger partial charge in [-0.05, 0) is 57.0 Å². The summed E-state index contributed by atoms with van der Waals surface area (Å²) in [6.07, 6.45) is 5.38. The van der Waals surface area contributed by atoms with Gasteiger partial charge in [0.1, 0.15) is 5.92 Å². The van der Waals surface area contributed by atoms with Crippen LogP contribution in [0.5, 0.6) is 0 Å². The molecule has 0 spiro atoms. The van der Waals surface area contributed by atoms with Crippen molar-refractivity contribution in [2.75, 3.05) is 31.5 Å². The number of anilines is 1. The fraction of sp³-hybridized carbons (Fsp3) is 0.500. The number of benzene rings is 1. The highest BCUT2D eigenvalue weighted by molar-refractivity contribution is 8.05. The van der Waals surface area contributed by atoms with E-state index in [1.54, 1.807) is 11.1 Å². The van der Waals surface area contributed by atoms with Crippen molar-refractivity contribution >= 4 is 29.3 Å². The predicted molar refractivity (Wildman–Crippen MR) is 118 cm³/mol. The number of likely N-dealkylation sites (tertiary alicyclic amines) is 1. The Bertz CT molecular complexity index is 845. The highest BCUT2D eigenvalue weighted by Gasteiger charge is 2.37. The molecule has 0 saturated carbocycles. The van der Waals surface area contributed by atoms with Crippen molar-refractivity contribution in [1.82, 2.24) is 9.80 Å². The number of carbonyl (C=O) groups excluding carboxylic acids is 1. The second-order valence-corrected chi connectivity index (χ2v) is 8.79. The Labute approximate surface area is 181 Å². The van der Waals surface area contributed by atoms with Crippen molar-refractivity contribution < 1.29 is 14.7 Å². The number of aliphatic carboxylic acids is 1. The average molecular weight is 429 g/mol. The third kappa shape index (κ3) is 5.55. The lowest BCUT2D eigenvalue weighted by Crippen LogP contribution is -2.34. The van der Waals surface area contributed by atoms with Gasteiger partial charge < -0.3 is 20.2 Å². The van der Waals surface area contributed by atoms with Gasteiger partial charge in [0.2, 0.25) is 0 Å². The Balaban J connectivity index is 1.62. The lowest BCUT2D eigenvalue weighted by Gasteiger charge is -2.22. The number of nitrogens with zero attached hydrogens (tertiary/aromatic N) is 3. The minimum Gasteiger partial charge on any atom is -0.480 e. The summed E-state index contributed by atoms with van der Waals surface area (Å²) in [5.41, 5.74) is 2.17. The summed E-state index contributed by atoms with van der Waals surface area (Å²) in [5.74, 6) is -2.40. The number of carboxylic acids is 1. The molecule has 2 N–H and O–H groups in total. The number of carbonyl (C=O) groups is 2. The number of nitriles is 1. The molecule has 0 aromatic heterocycles. The number of carboxylic acid groups (broad SMARTS) is 1. The number of hydrogen-bond acceptors (Lipinski definition) is 6. The number of likely N-dealkylation sites (N-methyl/N-ethyl adjacent to an activating group) is 1. The maximum Gasteiger partial charge on any atom is 0.321 e. The van der Waals surface area contributed by atoms with Gasteiger partial charge in [-0.1, -0.05) is 23.9 Å². The van der Waals surface area contributed by atoms with Crippen molar-refractivity contribution in [1.29, 1.82) is 5.26 Å². The first-order chi connectivity index (χ1) is 14.5. The smallest absolute Gasteiger partial charge is 0.321 e. The van der Waals surface area contributed by atoms with Crippen LogP contribution in [0.3, 0.4) is 0 Å². The molecule has 2 saturated heterocycles. The zero-order valence-corrected chi connectivity index (χ0v) is 18.0. The molecule has 2 fully saturated rings. The summed E-state index contributed by atoms with van der Waals surface area (Å²) in [7, 11) is 0. The highest BCUT2D eigenvalue weighted by Crippen LogP contribution is 2.38. The van der Waals surface area contributed by atoms with Crippen LogP contribution >= 0.6 is 11.8 Å². The summed E-state index contributed by atoms with van der Waals surface area (Å²) < 4.78 is 0. The van der Waals surface area contributed by atoms with Gasteiger partial charge in [-0.3, -0.25) is 9.59 Å². The van der Waals surface area contributed by atoms with E-state index in [1.165, 1.54) is 43.3 Å². The van der Waals surface area contributed by atoms with Crippen molar-refractivity contribution in [3.63, 3.8) is 0 Å². The molecular weight excluding hydrogens is 400 g/mol. The standard InChI is InChI=1S/C22H28N4O3S/c1-2-26-20(13-17(14-23)22(28)29)30-19(21(26)27)15-24-18-7-5-6-16(12-18)8-11-25-9-3-4-10-25/h5-7,12,15,17,20,24H,2-4,8-11,13H2,1H3,(H,28,29)/b19-15+. The molecule has 2 atom stereocenters. The van der Waals surface area contributed by atoms with E-state index in [-0.39, 0.29) is 17.7 Å². The molecule has 0 radical (unpaired) electrons. The van der Waals surface area contributed by atoms with Crippen LogP contribution in [0.2, 0.25) is 0 Å². The molecule has 30 heavy (non-hydrogen) atoms. The summed E-state index contributed by atoms with van der Waals surface area (Å²) >= 11 is 1.32. The lowest BCUT2D eigenvalue weighted by molar-refractivity contribution is -0.140. The van der Waals surface area contributed by atoms with Crippen LogP contribution in [0.1, 0.15) is 31.7 Å². The van der Waals surface area contributed by atoms with E-state index in [4.69, 9.17) is 10.4 Å². The molecule has 2 heterocycles. The Morgan fingerprint density at radius 3 is 2.87 bits per heavy atom. The van der Waals surface area contributed by atoms with Crippen LogP contribution in [0.25, 0.3) is 0 Å². The summed E-state index contributed by atoms with van der Waals surface area (Å²) in [4.78, 5) is 28.5. The number of thioether (sulfide) groups is 1. The first-order valence-electron chi connectivity index (χ1n) is 10.4. The van der Waals surface area contributed by atoms with Crippen LogP contribution in [0.4, 0.5) is 5.69 Å². The van der Waals surface area contributed by atoms with E-state index in [9.17, 15) is 9.59 Å². The van der Waals surface area contributed by atoms with E-state index in [1.807, 2.05) is 25.1 Å². The molecule has 8 heteroatoms. The maximum absolute atomic E-state index is 12.7. The molecule has 2 unspecified atom stereocenters. The summed E-state index contributed by atoms with van der Waals surface area (Å²) in [6.45, 7) is 5.76. The van der Waals surface area contributed by atoms with Gasteiger partial charge in [0.25, 0.3) is 5.91 Å². The number of nitrogens with one attached hydrogen (secondary N) is 1. The van der Waals surface area contributed by atoms with E-state index < -0.39 is 11.9 Å². The van der Waals surface area contributed by atoms with Gasteiger partial charge in [-0.25, -0.2) is 0 Å². The Morgan fingerprint density at radius 1 is 1.43 bits per heavy atom. The van der Waals surface area contributed by atoms with E-state index in [0.29, 0.717) is 11.4 Å². The fourth-order valence-electron chi connectivity index (χ4n) is 3.82. The van der Waals surface area contributed by atoms with Crippen molar-refractivity contribution in [3.05, 3.63) is 40.9 Å². The van der Waals surface area contributed by atoms with Crippen LogP contribution in [0, 0.1) is 17.2 Å². The third-order valence-corrected chi connectivity index (χ3v) is 6.79. The van der Waals surface area contributed by atoms with Crippen LogP contribution in [-0.4, -0.2) is 58.3 Å². The second kappa shape index (κ2) is 10.5. The first kappa shape index (κ1) is 22.2. The Hall–Kier alpha value is -2.50. The van der Waals surface area contributed by atoms with Gasteiger partial charge >= 0.3 is 5.97 Å². The van der Waals surface area contributed by atoms with Crippen molar-refractivity contribution in [2.45, 2.75) is 38.0 Å². The molecule has 2 aliphatic heterocycles. The minimum atomic E-state index is -1.15. The van der Waals surface area contributed by atoms with Gasteiger partial charge in [-0.15, -0.1) is 0 Å². The number of rotatable bonds is 9. The molecule has 0 aliphatic carbocycles. The summed E-state index contributed by atoms with van der Waals surface area (Å²) in [6, 6.07) is 10.0. The molecule has 1 aromatic rings. The monoisotopic (exact) mass is 428 g/mol. The molecule has 0 bridgehead atoms. The average Bonchev–Trinajstić information content (AvgIpc) is 3.36. The zero-order chi connectivity index (χ0) is 21.5. The van der Waals surface area contributed by atoms with E-state index >= 15 is 0 Å². The Morgan fingerprint density at radius 2 is 2.20 bits per heavy atom. The van der Waals surface area contributed by atoms with E-state index in [2.05, 4.69) is 22.3 Å². The normalized spacial score (nSPS) is 21.7. The number of amides is 1. The molecule has 3 rings (SSSR count). The fourth-order valence-corrected chi connectivity index (χ4v) is 5.12. The highest BCUT2D eigenvalue weighted by atomic mass is 32.2. The Kier molecular flexibility index (Phi) is 7.77.